The van der Waals surface area contributed by atoms with Crippen LogP contribution in [0.4, 0.5) is 0 Å². The minimum absolute atomic E-state index is 0.0553. The largest absolute Gasteiger partial charge is 0.370 e. The summed E-state index contributed by atoms with van der Waals surface area (Å²) in [6, 6.07) is 1.85. The molecule has 0 N–H and O–H groups in total. The Kier molecular flexibility index (Phi) is 5.64. The lowest BCUT2D eigenvalue weighted by Crippen LogP contribution is -2.28. The summed E-state index contributed by atoms with van der Waals surface area (Å²) in [5.41, 5.74) is 0.716. The molecule has 1 saturated carbocycles. The highest BCUT2D eigenvalue weighted by molar-refractivity contribution is 9.12. The van der Waals surface area contributed by atoms with Gasteiger partial charge in [-0.3, -0.25) is 4.79 Å². The molecule has 1 fully saturated rings. The number of carbonyl (C=O) groups is 1. The molecule has 19 heavy (non-hydrogen) atoms. The van der Waals surface area contributed by atoms with E-state index in [1.165, 1.54) is 17.8 Å². The first-order valence-electron chi connectivity index (χ1n) is 6.55. The average Bonchev–Trinajstić information content (AvgIpc) is 2.64. The Morgan fingerprint density at radius 2 is 1.95 bits per heavy atom. The maximum absolute atomic E-state index is 12.1. The Hall–Kier alpha value is 0.290. The third-order valence-corrected chi connectivity index (χ3v) is 5.88. The van der Waals surface area contributed by atoms with Crippen LogP contribution in [0.5, 0.6) is 0 Å². The van der Waals surface area contributed by atoms with Crippen molar-refractivity contribution in [2.45, 2.75) is 39.2 Å². The molecule has 106 valence electrons. The summed E-state index contributed by atoms with van der Waals surface area (Å²) in [4.78, 5) is 12.1. The summed E-state index contributed by atoms with van der Waals surface area (Å²) in [7, 11) is 0. The molecule has 1 aromatic rings. The third-order valence-electron chi connectivity index (χ3n) is 3.54. The van der Waals surface area contributed by atoms with Gasteiger partial charge in [0.25, 0.3) is 0 Å². The molecule has 1 heterocycles. The minimum atomic E-state index is 0.0553. The van der Waals surface area contributed by atoms with Crippen LogP contribution in [0.3, 0.4) is 0 Å². The van der Waals surface area contributed by atoms with Crippen LogP contribution in [0.2, 0.25) is 0 Å². The van der Waals surface area contributed by atoms with E-state index in [0.29, 0.717) is 17.4 Å². The summed E-state index contributed by atoms with van der Waals surface area (Å²) in [6.45, 7) is 4.71. The summed E-state index contributed by atoms with van der Waals surface area (Å²) >= 11 is 8.32. The smallest absolute Gasteiger partial charge is 0.190 e. The number of Topliss-reactive ketones (excluding diaryl/α,β-unsaturated/α-hetero) is 1. The van der Waals surface area contributed by atoms with Crippen molar-refractivity contribution in [2.75, 3.05) is 6.61 Å². The highest BCUT2D eigenvalue weighted by Gasteiger charge is 2.25. The predicted octanol–water partition coefficient (Wildman–Crippen LogP) is 5.30. The second-order valence-corrected chi connectivity index (χ2v) is 9.26. The lowest BCUT2D eigenvalue weighted by molar-refractivity contribution is 0.00561. The summed E-state index contributed by atoms with van der Waals surface area (Å²) < 4.78 is 7.66. The second kappa shape index (κ2) is 6.83. The molecular weight excluding hydrogens is 392 g/mol. The molecule has 0 radical (unpaired) electrons. The zero-order valence-electron chi connectivity index (χ0n) is 11.1. The number of carbonyl (C=O) groups excluding carboxylic acids is 1. The molecule has 0 amide bonds. The van der Waals surface area contributed by atoms with Crippen molar-refractivity contribution in [3.05, 3.63) is 19.2 Å². The van der Waals surface area contributed by atoms with Gasteiger partial charge in [-0.15, -0.1) is 11.3 Å². The third kappa shape index (κ3) is 4.38. The molecule has 0 aromatic carbocycles. The van der Waals surface area contributed by atoms with Crippen molar-refractivity contribution in [3.63, 3.8) is 0 Å². The Labute approximate surface area is 135 Å². The van der Waals surface area contributed by atoms with Gasteiger partial charge < -0.3 is 4.74 Å². The van der Waals surface area contributed by atoms with Crippen LogP contribution < -0.4 is 0 Å². The number of thiophene rings is 1. The summed E-state index contributed by atoms with van der Waals surface area (Å²) in [6.07, 6.45) is 3.67. The average molecular weight is 410 g/mol. The lowest BCUT2D eigenvalue weighted by atomic mass is 9.82. The standard InChI is InChI=1S/C14H18Br2O2S/c1-8-3-9(2)5-10(4-8)18-7-12(17)11-6-13(15)19-14(11)16/h6,8-10H,3-5,7H2,1-2H3. The summed E-state index contributed by atoms with van der Waals surface area (Å²) in [5, 5.41) is 0. The van der Waals surface area contributed by atoms with Gasteiger partial charge in [-0.05, 0) is 69.0 Å². The normalized spacial score (nSPS) is 27.5. The fraction of sp³-hybridized carbons (Fsp3) is 0.643. The van der Waals surface area contributed by atoms with Crippen molar-refractivity contribution < 1.29 is 9.53 Å². The number of halogens is 2. The quantitative estimate of drug-likeness (QED) is 0.630. The van der Waals surface area contributed by atoms with E-state index in [1.807, 2.05) is 6.07 Å². The van der Waals surface area contributed by atoms with Gasteiger partial charge in [-0.25, -0.2) is 0 Å². The zero-order chi connectivity index (χ0) is 14.0. The van der Waals surface area contributed by atoms with Crippen LogP contribution in [-0.4, -0.2) is 18.5 Å². The van der Waals surface area contributed by atoms with Crippen molar-refractivity contribution in [3.8, 4) is 0 Å². The van der Waals surface area contributed by atoms with Gasteiger partial charge in [0.1, 0.15) is 6.61 Å². The van der Waals surface area contributed by atoms with Crippen LogP contribution in [0.15, 0.2) is 13.6 Å². The summed E-state index contributed by atoms with van der Waals surface area (Å²) in [5.74, 6) is 1.46. The van der Waals surface area contributed by atoms with Crippen LogP contribution in [0.25, 0.3) is 0 Å². The molecule has 1 aromatic heterocycles. The van der Waals surface area contributed by atoms with Gasteiger partial charge >= 0.3 is 0 Å². The fourth-order valence-electron chi connectivity index (χ4n) is 2.81. The maximum Gasteiger partial charge on any atom is 0.190 e. The maximum atomic E-state index is 12.1. The van der Waals surface area contributed by atoms with E-state index in [2.05, 4.69) is 45.7 Å². The van der Waals surface area contributed by atoms with E-state index in [0.717, 1.165) is 20.4 Å². The molecule has 2 atom stereocenters. The minimum Gasteiger partial charge on any atom is -0.370 e. The molecule has 0 bridgehead atoms. The Bertz CT molecular complexity index is 448. The van der Waals surface area contributed by atoms with E-state index in [4.69, 9.17) is 4.74 Å². The van der Waals surface area contributed by atoms with Crippen LogP contribution in [0.1, 0.15) is 43.5 Å². The van der Waals surface area contributed by atoms with E-state index < -0.39 is 0 Å². The molecule has 5 heteroatoms. The predicted molar refractivity (Wildman–Crippen MR) is 86.0 cm³/mol. The first-order chi connectivity index (χ1) is 8.95. The highest BCUT2D eigenvalue weighted by Crippen LogP contribution is 2.33. The number of rotatable bonds is 4. The Balaban J connectivity index is 1.88. The van der Waals surface area contributed by atoms with Crippen molar-refractivity contribution >= 4 is 49.0 Å². The Morgan fingerprint density at radius 3 is 2.47 bits per heavy atom. The van der Waals surface area contributed by atoms with Crippen molar-refractivity contribution in [1.82, 2.24) is 0 Å². The van der Waals surface area contributed by atoms with Gasteiger partial charge in [0.15, 0.2) is 5.78 Å². The molecule has 2 rings (SSSR count). The molecular formula is C14H18Br2O2S. The zero-order valence-corrected chi connectivity index (χ0v) is 15.1. The molecule has 0 spiro atoms. The molecule has 1 aliphatic rings. The van der Waals surface area contributed by atoms with Crippen molar-refractivity contribution in [1.29, 1.82) is 0 Å². The van der Waals surface area contributed by atoms with Gasteiger partial charge in [0.2, 0.25) is 0 Å². The van der Waals surface area contributed by atoms with Gasteiger partial charge in [-0.1, -0.05) is 13.8 Å². The fourth-order valence-corrected chi connectivity index (χ4v) is 5.67. The van der Waals surface area contributed by atoms with Crippen LogP contribution in [0, 0.1) is 11.8 Å². The first-order valence-corrected chi connectivity index (χ1v) is 8.95. The lowest BCUT2D eigenvalue weighted by Gasteiger charge is -2.31. The topological polar surface area (TPSA) is 26.3 Å². The SMILES string of the molecule is CC1CC(C)CC(OCC(=O)c2cc(Br)sc2Br)C1. The molecule has 0 aliphatic heterocycles. The second-order valence-electron chi connectivity index (χ2n) is 5.51. The first kappa shape index (κ1) is 15.7. The Morgan fingerprint density at radius 1 is 1.32 bits per heavy atom. The van der Waals surface area contributed by atoms with Gasteiger partial charge in [0, 0.05) is 5.56 Å². The van der Waals surface area contributed by atoms with Crippen LogP contribution >= 0.6 is 43.2 Å². The van der Waals surface area contributed by atoms with E-state index >= 15 is 0 Å². The molecule has 1 aliphatic carbocycles. The monoisotopic (exact) mass is 408 g/mol. The number of ether oxygens (including phenoxy) is 1. The van der Waals surface area contributed by atoms with Crippen LogP contribution in [-0.2, 0) is 4.74 Å². The van der Waals surface area contributed by atoms with E-state index in [1.54, 1.807) is 0 Å². The van der Waals surface area contributed by atoms with Gasteiger partial charge in [-0.2, -0.15) is 0 Å². The van der Waals surface area contributed by atoms with E-state index in [9.17, 15) is 4.79 Å². The molecule has 0 saturated heterocycles. The van der Waals surface area contributed by atoms with Crippen molar-refractivity contribution in [2.24, 2.45) is 11.8 Å². The number of hydrogen-bond acceptors (Lipinski definition) is 3. The highest BCUT2D eigenvalue weighted by atomic mass is 79.9. The molecule has 2 nitrogen and oxygen atoms in total. The molecule has 2 unspecified atom stereocenters. The number of hydrogen-bond donors (Lipinski definition) is 0. The van der Waals surface area contributed by atoms with Gasteiger partial charge in [0.05, 0.1) is 13.7 Å². The number of ketones is 1. The van der Waals surface area contributed by atoms with E-state index in [-0.39, 0.29) is 18.5 Å².